The Balaban J connectivity index is 2.36. The number of benzene rings is 2. The summed E-state index contributed by atoms with van der Waals surface area (Å²) >= 11 is 6.02. The average molecular weight is 405 g/mol. The van der Waals surface area contributed by atoms with Crippen LogP contribution in [0.1, 0.15) is 10.4 Å². The van der Waals surface area contributed by atoms with Crippen molar-refractivity contribution in [2.75, 3.05) is 14.2 Å². The van der Waals surface area contributed by atoms with Crippen molar-refractivity contribution in [3.05, 3.63) is 76.9 Å². The Bertz CT molecular complexity index is 928. The van der Waals surface area contributed by atoms with Crippen molar-refractivity contribution in [2.45, 2.75) is 0 Å². The topological polar surface area (TPSA) is 76.7 Å². The zero-order chi connectivity index (χ0) is 20.5. The van der Waals surface area contributed by atoms with Gasteiger partial charge in [0.2, 0.25) is 0 Å². The van der Waals surface area contributed by atoms with Crippen LogP contribution in [-0.2, 0) is 4.79 Å². The number of carbonyl (C=O) groups excluding carboxylic acids is 2. The van der Waals surface area contributed by atoms with Crippen molar-refractivity contribution >= 4 is 23.8 Å². The lowest BCUT2D eigenvalue weighted by atomic mass is 10.1. The van der Waals surface area contributed by atoms with E-state index < -0.39 is 11.7 Å². The zero-order valence-corrected chi connectivity index (χ0v) is 15.9. The van der Waals surface area contributed by atoms with Crippen LogP contribution in [-0.4, -0.2) is 26.4 Å². The minimum absolute atomic E-state index is 0.119. The SMILES string of the molecule is CN/C=C\C(=C/C=O)NC(=O)c1cc(Cl)ccc1Oc1ccc(F)cc1OC. The second kappa shape index (κ2) is 10.1. The van der Waals surface area contributed by atoms with Gasteiger partial charge in [-0.2, -0.15) is 0 Å². The maximum Gasteiger partial charge on any atom is 0.259 e. The molecular formula is C20H18ClFN2O4. The van der Waals surface area contributed by atoms with E-state index in [0.717, 1.165) is 0 Å². The average Bonchev–Trinajstić information content (AvgIpc) is 2.68. The van der Waals surface area contributed by atoms with Crippen LogP contribution >= 0.6 is 11.6 Å². The Morgan fingerprint density at radius 2 is 1.89 bits per heavy atom. The smallest absolute Gasteiger partial charge is 0.259 e. The Kier molecular flexibility index (Phi) is 7.59. The lowest BCUT2D eigenvalue weighted by Gasteiger charge is -2.14. The molecule has 0 bridgehead atoms. The van der Waals surface area contributed by atoms with Crippen molar-refractivity contribution in [3.63, 3.8) is 0 Å². The monoisotopic (exact) mass is 404 g/mol. The summed E-state index contributed by atoms with van der Waals surface area (Å²) in [5.74, 6) is -0.473. The fourth-order valence-electron chi connectivity index (χ4n) is 2.20. The van der Waals surface area contributed by atoms with Crippen molar-refractivity contribution < 1.29 is 23.5 Å². The van der Waals surface area contributed by atoms with Gasteiger partial charge in [0.05, 0.1) is 12.7 Å². The van der Waals surface area contributed by atoms with Crippen LogP contribution < -0.4 is 20.1 Å². The summed E-state index contributed by atoms with van der Waals surface area (Å²) in [4.78, 5) is 23.5. The Morgan fingerprint density at radius 1 is 1.14 bits per heavy atom. The lowest BCUT2D eigenvalue weighted by molar-refractivity contribution is -0.104. The number of aldehydes is 1. The molecule has 8 heteroatoms. The largest absolute Gasteiger partial charge is 0.493 e. The summed E-state index contributed by atoms with van der Waals surface area (Å²) in [5.41, 5.74) is 0.383. The third kappa shape index (κ3) is 5.59. The van der Waals surface area contributed by atoms with Gasteiger partial charge in [-0.05, 0) is 42.6 Å². The van der Waals surface area contributed by atoms with Crippen LogP contribution in [0.25, 0.3) is 0 Å². The minimum Gasteiger partial charge on any atom is -0.493 e. The molecule has 0 radical (unpaired) electrons. The molecule has 0 aliphatic carbocycles. The highest BCUT2D eigenvalue weighted by molar-refractivity contribution is 6.31. The van der Waals surface area contributed by atoms with E-state index in [0.29, 0.717) is 11.3 Å². The molecule has 0 fully saturated rings. The summed E-state index contributed by atoms with van der Waals surface area (Å²) < 4.78 is 24.3. The third-order valence-electron chi connectivity index (χ3n) is 3.47. The predicted molar refractivity (Wildman–Crippen MR) is 104 cm³/mol. The molecule has 2 rings (SSSR count). The fourth-order valence-corrected chi connectivity index (χ4v) is 2.37. The molecule has 0 aromatic heterocycles. The second-order valence-corrected chi connectivity index (χ2v) is 5.81. The van der Waals surface area contributed by atoms with E-state index in [2.05, 4.69) is 10.6 Å². The molecule has 0 saturated carbocycles. The first kappa shape index (κ1) is 21.0. The molecule has 0 aliphatic rings. The quantitative estimate of drug-likeness (QED) is 0.397. The minimum atomic E-state index is -0.549. The van der Waals surface area contributed by atoms with E-state index in [-0.39, 0.29) is 28.5 Å². The maximum absolute atomic E-state index is 13.4. The molecule has 1 amide bonds. The molecule has 2 aromatic rings. The van der Waals surface area contributed by atoms with Gasteiger partial charge >= 0.3 is 0 Å². The van der Waals surface area contributed by atoms with Gasteiger partial charge in [0.15, 0.2) is 11.5 Å². The summed E-state index contributed by atoms with van der Waals surface area (Å²) in [6, 6.07) is 8.24. The van der Waals surface area contributed by atoms with Gasteiger partial charge in [-0.1, -0.05) is 11.6 Å². The van der Waals surface area contributed by atoms with Crippen molar-refractivity contribution in [2.24, 2.45) is 0 Å². The zero-order valence-electron chi connectivity index (χ0n) is 15.2. The lowest BCUT2D eigenvalue weighted by Crippen LogP contribution is -2.23. The first-order valence-corrected chi connectivity index (χ1v) is 8.48. The van der Waals surface area contributed by atoms with E-state index in [9.17, 15) is 14.0 Å². The van der Waals surface area contributed by atoms with Gasteiger partial charge in [-0.25, -0.2) is 4.39 Å². The Hall–Kier alpha value is -3.32. The van der Waals surface area contributed by atoms with E-state index in [1.54, 1.807) is 19.3 Å². The molecule has 0 heterocycles. The summed E-state index contributed by atoms with van der Waals surface area (Å²) in [6.07, 6.45) is 4.81. The number of ether oxygens (including phenoxy) is 2. The third-order valence-corrected chi connectivity index (χ3v) is 3.70. The molecule has 6 nitrogen and oxygen atoms in total. The predicted octanol–water partition coefficient (Wildman–Crippen LogP) is 3.83. The van der Waals surface area contributed by atoms with E-state index >= 15 is 0 Å². The Labute approximate surface area is 166 Å². The highest BCUT2D eigenvalue weighted by Gasteiger charge is 2.17. The Morgan fingerprint density at radius 3 is 2.57 bits per heavy atom. The number of hydrogen-bond acceptors (Lipinski definition) is 5. The number of rotatable bonds is 8. The highest BCUT2D eigenvalue weighted by atomic mass is 35.5. The van der Waals surface area contributed by atoms with Crippen molar-refractivity contribution in [1.82, 2.24) is 10.6 Å². The number of amides is 1. The van der Waals surface area contributed by atoms with E-state index in [1.165, 1.54) is 49.6 Å². The fraction of sp³-hybridized carbons (Fsp3) is 0.100. The molecule has 2 aromatic carbocycles. The number of carbonyl (C=O) groups is 2. The van der Waals surface area contributed by atoms with Gasteiger partial charge < -0.3 is 20.1 Å². The van der Waals surface area contributed by atoms with Crippen LogP contribution in [0.3, 0.4) is 0 Å². The molecule has 0 unspecified atom stereocenters. The molecule has 0 atom stereocenters. The first-order valence-electron chi connectivity index (χ1n) is 8.10. The molecule has 2 N–H and O–H groups in total. The first-order chi connectivity index (χ1) is 13.5. The molecule has 28 heavy (non-hydrogen) atoms. The molecular weight excluding hydrogens is 387 g/mol. The summed E-state index contributed by atoms with van der Waals surface area (Å²) in [7, 11) is 3.05. The molecule has 146 valence electrons. The van der Waals surface area contributed by atoms with Crippen LogP contribution in [0.15, 0.2) is 60.4 Å². The molecule has 0 aliphatic heterocycles. The summed E-state index contributed by atoms with van der Waals surface area (Å²) in [6.45, 7) is 0. The maximum atomic E-state index is 13.4. The highest BCUT2D eigenvalue weighted by Crippen LogP contribution is 2.34. The van der Waals surface area contributed by atoms with Crippen LogP contribution in [0.2, 0.25) is 5.02 Å². The van der Waals surface area contributed by atoms with Gasteiger partial charge in [0.25, 0.3) is 5.91 Å². The van der Waals surface area contributed by atoms with E-state index in [4.69, 9.17) is 21.1 Å². The normalized spacial score (nSPS) is 11.2. The standard InChI is InChI=1S/C20H18ClFN2O4/c1-23-9-7-15(8-10-25)24-20(26)16-11-13(21)3-5-17(16)28-18-6-4-14(22)12-19(18)27-2/h3-12,23H,1-2H3,(H,24,26)/b9-7-,15-8+. The number of methoxy groups -OCH3 is 1. The van der Waals surface area contributed by atoms with Crippen molar-refractivity contribution in [3.8, 4) is 17.2 Å². The van der Waals surface area contributed by atoms with Gasteiger partial charge in [0, 0.05) is 29.9 Å². The van der Waals surface area contributed by atoms with Gasteiger partial charge in [-0.15, -0.1) is 0 Å². The number of allylic oxidation sites excluding steroid dienone is 2. The van der Waals surface area contributed by atoms with Crippen molar-refractivity contribution in [1.29, 1.82) is 0 Å². The number of hydrogen-bond donors (Lipinski definition) is 2. The van der Waals surface area contributed by atoms with Gasteiger partial charge in [-0.3, -0.25) is 9.59 Å². The summed E-state index contributed by atoms with van der Waals surface area (Å²) in [5, 5.41) is 5.67. The molecule has 0 saturated heterocycles. The molecule has 0 spiro atoms. The number of halogens is 2. The number of nitrogens with one attached hydrogen (secondary N) is 2. The van der Waals surface area contributed by atoms with Crippen LogP contribution in [0.5, 0.6) is 17.2 Å². The van der Waals surface area contributed by atoms with Gasteiger partial charge in [0.1, 0.15) is 17.9 Å². The van der Waals surface area contributed by atoms with Crippen LogP contribution in [0, 0.1) is 5.82 Å². The van der Waals surface area contributed by atoms with E-state index in [1.807, 2.05) is 0 Å². The second-order valence-electron chi connectivity index (χ2n) is 5.37. The van der Waals surface area contributed by atoms with Crippen LogP contribution in [0.4, 0.5) is 4.39 Å².